The maximum Gasteiger partial charge on any atom is 0.407 e. The maximum atomic E-state index is 11.8. The number of amides is 1. The predicted octanol–water partition coefficient (Wildman–Crippen LogP) is 2.71. The number of methoxy groups -OCH3 is 1. The Hall–Kier alpha value is -1.30. The van der Waals surface area contributed by atoms with Gasteiger partial charge < -0.3 is 19.7 Å². The van der Waals surface area contributed by atoms with E-state index in [2.05, 4.69) is 22.0 Å². The van der Waals surface area contributed by atoms with Gasteiger partial charge in [0.2, 0.25) is 0 Å². The van der Waals surface area contributed by atoms with Crippen LogP contribution in [-0.2, 0) is 14.3 Å². The zero-order valence-corrected chi connectivity index (χ0v) is 15.2. The van der Waals surface area contributed by atoms with Crippen molar-refractivity contribution in [3.05, 3.63) is 0 Å². The quantitative estimate of drug-likeness (QED) is 0.759. The molecule has 0 bridgehead atoms. The summed E-state index contributed by atoms with van der Waals surface area (Å²) < 4.78 is 9.95. The van der Waals surface area contributed by atoms with Crippen molar-refractivity contribution in [2.24, 2.45) is 0 Å². The fourth-order valence-corrected chi connectivity index (χ4v) is 2.89. The minimum Gasteiger partial charge on any atom is -0.469 e. The predicted molar refractivity (Wildman–Crippen MR) is 89.3 cm³/mol. The molecule has 1 N–H and O–H groups in total. The first-order valence-electron chi connectivity index (χ1n) is 8.48. The van der Waals surface area contributed by atoms with Gasteiger partial charge in [0.05, 0.1) is 7.11 Å². The van der Waals surface area contributed by atoms with Crippen molar-refractivity contribution in [3.8, 4) is 0 Å². The van der Waals surface area contributed by atoms with Gasteiger partial charge in [-0.3, -0.25) is 4.79 Å². The fraction of sp³-hybridized carbons (Fsp3) is 0.882. The maximum absolute atomic E-state index is 11.8. The summed E-state index contributed by atoms with van der Waals surface area (Å²) in [6.45, 7) is 6.50. The lowest BCUT2D eigenvalue weighted by Gasteiger charge is -2.35. The molecule has 0 aromatic rings. The van der Waals surface area contributed by atoms with Crippen molar-refractivity contribution in [3.63, 3.8) is 0 Å². The van der Waals surface area contributed by atoms with Crippen LogP contribution >= 0.6 is 0 Å². The second-order valence-corrected chi connectivity index (χ2v) is 7.31. The van der Waals surface area contributed by atoms with Gasteiger partial charge in [-0.1, -0.05) is 0 Å². The van der Waals surface area contributed by atoms with Crippen LogP contribution in [-0.4, -0.2) is 55.3 Å². The molecule has 0 unspecified atom stereocenters. The number of hydrogen-bond donors (Lipinski definition) is 1. The molecule has 0 aliphatic heterocycles. The van der Waals surface area contributed by atoms with Crippen LogP contribution in [0, 0.1) is 0 Å². The first-order valence-corrected chi connectivity index (χ1v) is 8.48. The number of carbonyl (C=O) groups excluding carboxylic acids is 2. The molecule has 0 aromatic heterocycles. The largest absolute Gasteiger partial charge is 0.469 e. The van der Waals surface area contributed by atoms with E-state index in [1.165, 1.54) is 7.11 Å². The second kappa shape index (κ2) is 9.11. The molecular formula is C17H32N2O4. The Labute approximate surface area is 139 Å². The van der Waals surface area contributed by atoms with Crippen LogP contribution in [0.2, 0.25) is 0 Å². The number of nitrogens with one attached hydrogen (secondary N) is 1. The smallest absolute Gasteiger partial charge is 0.407 e. The molecule has 1 amide bonds. The highest BCUT2D eigenvalue weighted by atomic mass is 16.6. The van der Waals surface area contributed by atoms with Gasteiger partial charge in [0.15, 0.2) is 0 Å². The second-order valence-electron chi connectivity index (χ2n) is 7.31. The van der Waals surface area contributed by atoms with Crippen molar-refractivity contribution in [1.29, 1.82) is 0 Å². The fourth-order valence-electron chi connectivity index (χ4n) is 2.89. The first-order chi connectivity index (χ1) is 10.7. The van der Waals surface area contributed by atoms with E-state index in [9.17, 15) is 9.59 Å². The van der Waals surface area contributed by atoms with Gasteiger partial charge in [0.1, 0.15) is 5.60 Å². The average molecular weight is 328 g/mol. The molecule has 0 atom stereocenters. The zero-order valence-electron chi connectivity index (χ0n) is 15.2. The summed E-state index contributed by atoms with van der Waals surface area (Å²) >= 11 is 0. The summed E-state index contributed by atoms with van der Waals surface area (Å²) in [5, 5.41) is 2.96. The monoisotopic (exact) mass is 328 g/mol. The number of esters is 1. The Morgan fingerprint density at radius 2 is 1.78 bits per heavy atom. The van der Waals surface area contributed by atoms with Crippen molar-refractivity contribution in [2.45, 2.75) is 77.0 Å². The summed E-state index contributed by atoms with van der Waals surface area (Å²) in [7, 11) is 3.52. The molecule has 1 aliphatic carbocycles. The van der Waals surface area contributed by atoms with Gasteiger partial charge in [-0.25, -0.2) is 4.79 Å². The van der Waals surface area contributed by atoms with Crippen LogP contribution in [0.3, 0.4) is 0 Å². The van der Waals surface area contributed by atoms with E-state index in [1.54, 1.807) is 0 Å². The molecule has 0 spiro atoms. The van der Waals surface area contributed by atoms with Gasteiger partial charge in [-0.05, 0) is 66.5 Å². The van der Waals surface area contributed by atoms with E-state index in [-0.39, 0.29) is 18.1 Å². The average Bonchev–Trinajstić information content (AvgIpc) is 2.45. The van der Waals surface area contributed by atoms with Crippen molar-refractivity contribution < 1.29 is 19.1 Å². The van der Waals surface area contributed by atoms with Crippen LogP contribution in [0.4, 0.5) is 4.79 Å². The molecule has 0 saturated heterocycles. The lowest BCUT2D eigenvalue weighted by atomic mass is 9.90. The Morgan fingerprint density at radius 3 is 2.30 bits per heavy atom. The lowest BCUT2D eigenvalue weighted by Crippen LogP contribution is -2.44. The Morgan fingerprint density at radius 1 is 1.17 bits per heavy atom. The molecule has 1 aliphatic rings. The van der Waals surface area contributed by atoms with E-state index < -0.39 is 5.60 Å². The summed E-state index contributed by atoms with van der Waals surface area (Å²) in [6.07, 6.45) is 4.99. The third kappa shape index (κ3) is 8.21. The number of ether oxygens (including phenoxy) is 2. The van der Waals surface area contributed by atoms with Gasteiger partial charge in [0, 0.05) is 18.5 Å². The number of nitrogens with zero attached hydrogens (tertiary/aromatic N) is 1. The minimum absolute atomic E-state index is 0.149. The standard InChI is InChI=1S/C17H32N2O4/c1-17(2,3)23-16(21)18-13-8-10-14(11-9-13)19(4)12-6-7-15(20)22-5/h13-14H,6-12H2,1-5H3,(H,18,21). The van der Waals surface area contributed by atoms with E-state index >= 15 is 0 Å². The Bertz CT molecular complexity index is 385. The molecule has 0 aromatic carbocycles. The van der Waals surface area contributed by atoms with E-state index in [4.69, 9.17) is 4.74 Å². The topological polar surface area (TPSA) is 67.9 Å². The van der Waals surface area contributed by atoms with Crippen LogP contribution in [0.15, 0.2) is 0 Å². The highest BCUT2D eigenvalue weighted by molar-refractivity contribution is 5.69. The van der Waals surface area contributed by atoms with Gasteiger partial charge in [-0.15, -0.1) is 0 Å². The Balaban J connectivity index is 2.24. The summed E-state index contributed by atoms with van der Waals surface area (Å²) in [6, 6.07) is 0.717. The van der Waals surface area contributed by atoms with Gasteiger partial charge >= 0.3 is 12.1 Å². The normalized spacial score (nSPS) is 21.8. The number of carbonyl (C=O) groups is 2. The molecule has 6 nitrogen and oxygen atoms in total. The zero-order chi connectivity index (χ0) is 17.5. The molecule has 1 rings (SSSR count). The lowest BCUT2D eigenvalue weighted by molar-refractivity contribution is -0.140. The number of rotatable bonds is 6. The van der Waals surface area contributed by atoms with E-state index in [0.29, 0.717) is 12.5 Å². The highest BCUT2D eigenvalue weighted by Crippen LogP contribution is 2.23. The minimum atomic E-state index is -0.457. The third-order valence-corrected chi connectivity index (χ3v) is 4.16. The molecule has 1 saturated carbocycles. The highest BCUT2D eigenvalue weighted by Gasteiger charge is 2.26. The number of hydrogen-bond acceptors (Lipinski definition) is 5. The van der Waals surface area contributed by atoms with Gasteiger partial charge in [-0.2, -0.15) is 0 Å². The van der Waals surface area contributed by atoms with Crippen LogP contribution in [0.1, 0.15) is 59.3 Å². The van der Waals surface area contributed by atoms with E-state index in [1.807, 2.05) is 20.8 Å². The molecule has 0 radical (unpaired) electrons. The molecule has 23 heavy (non-hydrogen) atoms. The molecular weight excluding hydrogens is 296 g/mol. The van der Waals surface area contributed by atoms with Crippen LogP contribution < -0.4 is 5.32 Å². The van der Waals surface area contributed by atoms with Crippen molar-refractivity contribution >= 4 is 12.1 Å². The summed E-state index contributed by atoms with van der Waals surface area (Å²) in [4.78, 5) is 25.2. The third-order valence-electron chi connectivity index (χ3n) is 4.16. The first kappa shape index (κ1) is 19.7. The summed E-state index contributed by atoms with van der Waals surface area (Å²) in [5.41, 5.74) is -0.457. The number of alkyl carbamates (subject to hydrolysis) is 1. The molecule has 6 heteroatoms. The van der Waals surface area contributed by atoms with Crippen molar-refractivity contribution in [2.75, 3.05) is 20.7 Å². The van der Waals surface area contributed by atoms with Crippen LogP contribution in [0.25, 0.3) is 0 Å². The van der Waals surface area contributed by atoms with Crippen molar-refractivity contribution in [1.82, 2.24) is 10.2 Å². The summed E-state index contributed by atoms with van der Waals surface area (Å²) in [5.74, 6) is -0.149. The Kier molecular flexibility index (Phi) is 7.82. The molecule has 134 valence electrons. The van der Waals surface area contributed by atoms with Crippen LogP contribution in [0.5, 0.6) is 0 Å². The SMILES string of the molecule is COC(=O)CCCN(C)C1CCC(NC(=O)OC(C)(C)C)CC1. The molecule has 0 heterocycles. The van der Waals surface area contributed by atoms with E-state index in [0.717, 1.165) is 38.6 Å². The molecule has 1 fully saturated rings. The van der Waals surface area contributed by atoms with Gasteiger partial charge in [0.25, 0.3) is 0 Å².